The smallest absolute Gasteiger partial charge is 0.237 e. The molecule has 0 heterocycles. The van der Waals surface area contributed by atoms with Crippen LogP contribution < -0.4 is 5.73 Å². The van der Waals surface area contributed by atoms with Crippen LogP contribution >= 0.6 is 0 Å². The molecule has 80 valence electrons. The highest BCUT2D eigenvalue weighted by molar-refractivity contribution is 5.83. The Hall–Kier alpha value is -1.06. The monoisotopic (exact) mass is 198 g/mol. The lowest BCUT2D eigenvalue weighted by molar-refractivity contribution is -0.137. The van der Waals surface area contributed by atoms with Crippen LogP contribution in [0.25, 0.3) is 0 Å². The van der Waals surface area contributed by atoms with Crippen LogP contribution in [0.15, 0.2) is 0 Å². The predicted molar refractivity (Wildman–Crippen MR) is 53.5 cm³/mol. The lowest BCUT2D eigenvalue weighted by Gasteiger charge is -2.27. The van der Waals surface area contributed by atoms with Gasteiger partial charge in [-0.2, -0.15) is 0 Å². The molecule has 14 heavy (non-hydrogen) atoms. The standard InChI is InChI=1S/C10H18N2O2/c1-2-10(14)12(7-9(11)13)8-5-3-4-6-8/h8H,2-7H2,1H3,(H2,11,13). The maximum atomic E-state index is 11.6. The molecule has 0 aromatic carbocycles. The quantitative estimate of drug-likeness (QED) is 0.721. The summed E-state index contributed by atoms with van der Waals surface area (Å²) in [6.45, 7) is 1.89. The Balaban J connectivity index is 2.59. The fourth-order valence-electron chi connectivity index (χ4n) is 2.01. The van der Waals surface area contributed by atoms with Crippen LogP contribution in [0.1, 0.15) is 39.0 Å². The summed E-state index contributed by atoms with van der Waals surface area (Å²) < 4.78 is 0. The third-order valence-electron chi connectivity index (χ3n) is 2.71. The normalized spacial score (nSPS) is 16.9. The summed E-state index contributed by atoms with van der Waals surface area (Å²) in [5.41, 5.74) is 5.12. The summed E-state index contributed by atoms with van der Waals surface area (Å²) in [5, 5.41) is 0. The fraction of sp³-hybridized carbons (Fsp3) is 0.800. The number of hydrogen-bond donors (Lipinski definition) is 1. The van der Waals surface area contributed by atoms with Gasteiger partial charge in [0.05, 0.1) is 6.54 Å². The second kappa shape index (κ2) is 4.98. The van der Waals surface area contributed by atoms with Crippen molar-refractivity contribution in [3.63, 3.8) is 0 Å². The van der Waals surface area contributed by atoms with E-state index in [9.17, 15) is 9.59 Å². The van der Waals surface area contributed by atoms with Crippen molar-refractivity contribution >= 4 is 11.8 Å². The highest BCUT2D eigenvalue weighted by atomic mass is 16.2. The maximum absolute atomic E-state index is 11.6. The number of primary amides is 1. The van der Waals surface area contributed by atoms with E-state index in [2.05, 4.69) is 0 Å². The van der Waals surface area contributed by atoms with Gasteiger partial charge in [0.2, 0.25) is 11.8 Å². The molecule has 1 aliphatic rings. The number of nitrogens with two attached hydrogens (primary N) is 1. The largest absolute Gasteiger partial charge is 0.368 e. The van der Waals surface area contributed by atoms with E-state index in [1.807, 2.05) is 6.92 Å². The highest BCUT2D eigenvalue weighted by Crippen LogP contribution is 2.23. The van der Waals surface area contributed by atoms with Crippen LogP contribution in [0.5, 0.6) is 0 Å². The molecule has 0 atom stereocenters. The zero-order valence-electron chi connectivity index (χ0n) is 8.66. The number of nitrogens with zero attached hydrogens (tertiary/aromatic N) is 1. The number of carbonyl (C=O) groups excluding carboxylic acids is 2. The zero-order chi connectivity index (χ0) is 10.6. The van der Waals surface area contributed by atoms with Crippen LogP contribution in [-0.2, 0) is 9.59 Å². The average molecular weight is 198 g/mol. The molecule has 0 aromatic rings. The van der Waals surface area contributed by atoms with Crippen LogP contribution in [0, 0.1) is 0 Å². The molecule has 0 aromatic heterocycles. The Labute approximate surface area is 84.4 Å². The molecule has 1 rings (SSSR count). The van der Waals surface area contributed by atoms with E-state index >= 15 is 0 Å². The van der Waals surface area contributed by atoms with Gasteiger partial charge in [-0.3, -0.25) is 9.59 Å². The molecule has 2 N–H and O–H groups in total. The molecule has 1 saturated carbocycles. The van der Waals surface area contributed by atoms with Gasteiger partial charge < -0.3 is 10.6 Å². The molecule has 0 radical (unpaired) electrons. The van der Waals surface area contributed by atoms with Crippen LogP contribution in [0.2, 0.25) is 0 Å². The summed E-state index contributed by atoms with van der Waals surface area (Å²) in [4.78, 5) is 24.0. The van der Waals surface area contributed by atoms with Crippen molar-refractivity contribution < 1.29 is 9.59 Å². The molecule has 0 unspecified atom stereocenters. The van der Waals surface area contributed by atoms with Crippen LogP contribution in [0.3, 0.4) is 0 Å². The molecule has 0 bridgehead atoms. The van der Waals surface area contributed by atoms with Crippen molar-refractivity contribution in [1.82, 2.24) is 4.90 Å². The molecular formula is C10H18N2O2. The van der Waals surface area contributed by atoms with Gasteiger partial charge >= 0.3 is 0 Å². The Kier molecular flexibility index (Phi) is 3.92. The van der Waals surface area contributed by atoms with Gasteiger partial charge in [0.25, 0.3) is 0 Å². The van der Waals surface area contributed by atoms with Gasteiger partial charge in [-0.1, -0.05) is 19.8 Å². The molecule has 1 fully saturated rings. The van der Waals surface area contributed by atoms with Crippen molar-refractivity contribution in [2.45, 2.75) is 45.1 Å². The van der Waals surface area contributed by atoms with E-state index in [0.717, 1.165) is 25.7 Å². The van der Waals surface area contributed by atoms with Gasteiger partial charge in [-0.15, -0.1) is 0 Å². The lowest BCUT2D eigenvalue weighted by atomic mass is 10.2. The van der Waals surface area contributed by atoms with E-state index in [0.29, 0.717) is 6.42 Å². The molecule has 1 aliphatic carbocycles. The maximum Gasteiger partial charge on any atom is 0.237 e. The summed E-state index contributed by atoms with van der Waals surface area (Å²) in [5.74, 6) is -0.380. The first-order chi connectivity index (χ1) is 6.65. The van der Waals surface area contributed by atoms with Crippen molar-refractivity contribution in [2.75, 3.05) is 6.54 Å². The van der Waals surface area contributed by atoms with Crippen molar-refractivity contribution in [3.8, 4) is 0 Å². The molecule has 0 aliphatic heterocycles. The van der Waals surface area contributed by atoms with Gasteiger partial charge in [0.15, 0.2) is 0 Å². The van der Waals surface area contributed by atoms with E-state index in [4.69, 9.17) is 5.73 Å². The molecule has 0 spiro atoms. The second-order valence-electron chi connectivity index (χ2n) is 3.78. The minimum atomic E-state index is -0.418. The first-order valence-corrected chi connectivity index (χ1v) is 5.23. The SMILES string of the molecule is CCC(=O)N(CC(N)=O)C1CCCC1. The third-order valence-corrected chi connectivity index (χ3v) is 2.71. The molecular weight excluding hydrogens is 180 g/mol. The zero-order valence-corrected chi connectivity index (χ0v) is 8.66. The number of rotatable bonds is 4. The summed E-state index contributed by atoms with van der Waals surface area (Å²) >= 11 is 0. The van der Waals surface area contributed by atoms with Gasteiger partial charge in [0.1, 0.15) is 0 Å². The van der Waals surface area contributed by atoms with E-state index < -0.39 is 5.91 Å². The minimum absolute atomic E-state index is 0.0377. The van der Waals surface area contributed by atoms with Crippen molar-refractivity contribution in [3.05, 3.63) is 0 Å². The van der Waals surface area contributed by atoms with E-state index in [1.165, 1.54) is 0 Å². The van der Waals surface area contributed by atoms with Crippen molar-refractivity contribution in [2.24, 2.45) is 5.73 Å². The number of carbonyl (C=O) groups is 2. The topological polar surface area (TPSA) is 63.4 Å². The first kappa shape index (κ1) is 11.0. The second-order valence-corrected chi connectivity index (χ2v) is 3.78. The van der Waals surface area contributed by atoms with Gasteiger partial charge in [-0.25, -0.2) is 0 Å². The van der Waals surface area contributed by atoms with Gasteiger partial charge in [0, 0.05) is 12.5 Å². The minimum Gasteiger partial charge on any atom is -0.368 e. The van der Waals surface area contributed by atoms with Crippen LogP contribution in [-0.4, -0.2) is 29.3 Å². The molecule has 4 heteroatoms. The average Bonchev–Trinajstić information content (AvgIpc) is 2.65. The fourth-order valence-corrected chi connectivity index (χ4v) is 2.01. The van der Waals surface area contributed by atoms with Crippen molar-refractivity contribution in [1.29, 1.82) is 0 Å². The Morgan fingerprint density at radius 3 is 2.36 bits per heavy atom. The Bertz CT molecular complexity index is 222. The lowest BCUT2D eigenvalue weighted by Crippen LogP contribution is -2.43. The van der Waals surface area contributed by atoms with Gasteiger partial charge in [-0.05, 0) is 12.8 Å². The summed E-state index contributed by atoms with van der Waals surface area (Å²) in [6, 6.07) is 0.245. The molecule has 4 nitrogen and oxygen atoms in total. The van der Waals surface area contributed by atoms with E-state index in [-0.39, 0.29) is 18.5 Å². The first-order valence-electron chi connectivity index (χ1n) is 5.23. The van der Waals surface area contributed by atoms with Crippen LogP contribution in [0.4, 0.5) is 0 Å². The van der Waals surface area contributed by atoms with E-state index in [1.54, 1.807) is 4.90 Å². The summed E-state index contributed by atoms with van der Waals surface area (Å²) in [7, 11) is 0. The predicted octanol–water partition coefficient (Wildman–Crippen LogP) is 0.653. The summed E-state index contributed by atoms with van der Waals surface area (Å²) in [6.07, 6.45) is 4.77. The Morgan fingerprint density at radius 2 is 1.93 bits per heavy atom. The third kappa shape index (κ3) is 2.72. The number of amides is 2. The highest BCUT2D eigenvalue weighted by Gasteiger charge is 2.26. The molecule has 0 saturated heterocycles. The number of hydrogen-bond acceptors (Lipinski definition) is 2. The molecule has 2 amide bonds. The Morgan fingerprint density at radius 1 is 1.36 bits per heavy atom.